The molecule has 6 nitrogen and oxygen atoms in total. The van der Waals surface area contributed by atoms with E-state index in [-0.39, 0.29) is 18.9 Å². The van der Waals surface area contributed by atoms with Gasteiger partial charge in [0, 0.05) is 25.2 Å². The number of carbonyl (C=O) groups is 2. The van der Waals surface area contributed by atoms with Gasteiger partial charge in [-0.2, -0.15) is 5.26 Å². The highest BCUT2D eigenvalue weighted by Gasteiger charge is 2.26. The molecule has 1 saturated heterocycles. The molecule has 1 atom stereocenters. The van der Waals surface area contributed by atoms with E-state index < -0.39 is 12.0 Å². The highest BCUT2D eigenvalue weighted by molar-refractivity contribution is 5.85. The first kappa shape index (κ1) is 12.9. The zero-order chi connectivity index (χ0) is 13.8. The van der Waals surface area contributed by atoms with E-state index in [0.717, 1.165) is 5.69 Å². The van der Waals surface area contributed by atoms with E-state index in [1.54, 1.807) is 29.2 Å². The van der Waals surface area contributed by atoms with Gasteiger partial charge < -0.3 is 15.3 Å². The highest BCUT2D eigenvalue weighted by Crippen LogP contribution is 2.18. The van der Waals surface area contributed by atoms with Crippen LogP contribution in [0.3, 0.4) is 0 Å². The van der Waals surface area contributed by atoms with Crippen LogP contribution in [0.25, 0.3) is 0 Å². The molecular weight excluding hydrogens is 246 g/mol. The van der Waals surface area contributed by atoms with Crippen molar-refractivity contribution in [2.24, 2.45) is 0 Å². The average Bonchev–Trinajstić information content (AvgIpc) is 2.61. The summed E-state index contributed by atoms with van der Waals surface area (Å²) in [6.45, 7) is 0.625. The highest BCUT2D eigenvalue weighted by atomic mass is 16.4. The maximum atomic E-state index is 11.4. The van der Waals surface area contributed by atoms with Crippen LogP contribution in [0.2, 0.25) is 0 Å². The molecule has 0 aromatic heterocycles. The van der Waals surface area contributed by atoms with Crippen molar-refractivity contribution in [2.45, 2.75) is 12.5 Å². The Bertz CT molecular complexity index is 550. The lowest BCUT2D eigenvalue weighted by Gasteiger charge is -2.24. The van der Waals surface area contributed by atoms with Gasteiger partial charge in [-0.1, -0.05) is 6.07 Å². The largest absolute Gasteiger partial charge is 0.480 e. The van der Waals surface area contributed by atoms with Crippen LogP contribution in [-0.4, -0.2) is 36.1 Å². The molecular formula is C13H13N3O3. The topological polar surface area (TPSA) is 93.4 Å². The van der Waals surface area contributed by atoms with Gasteiger partial charge in [-0.25, -0.2) is 4.79 Å². The van der Waals surface area contributed by atoms with Gasteiger partial charge in [0.1, 0.15) is 6.04 Å². The summed E-state index contributed by atoms with van der Waals surface area (Å²) in [5.74, 6) is -1.33. The Hall–Kier alpha value is -2.55. The van der Waals surface area contributed by atoms with Crippen molar-refractivity contribution in [3.05, 3.63) is 29.8 Å². The van der Waals surface area contributed by atoms with Gasteiger partial charge in [-0.05, 0) is 18.2 Å². The summed E-state index contributed by atoms with van der Waals surface area (Å²) in [7, 11) is 0. The molecule has 1 unspecified atom stereocenters. The minimum Gasteiger partial charge on any atom is -0.480 e. The van der Waals surface area contributed by atoms with E-state index in [1.807, 2.05) is 6.07 Å². The normalized spacial score (nSPS) is 19.2. The van der Waals surface area contributed by atoms with Crippen molar-refractivity contribution >= 4 is 17.6 Å². The molecule has 1 aromatic carbocycles. The predicted molar refractivity (Wildman–Crippen MR) is 67.6 cm³/mol. The first-order valence-corrected chi connectivity index (χ1v) is 5.87. The zero-order valence-electron chi connectivity index (χ0n) is 10.2. The molecule has 1 aliphatic rings. The van der Waals surface area contributed by atoms with Crippen molar-refractivity contribution in [1.82, 2.24) is 5.32 Å². The SMILES string of the molecule is N#Cc1cccc(N2CCC(=O)NC(C(=O)O)C2)c1. The third-order valence-electron chi connectivity index (χ3n) is 2.99. The number of rotatable bonds is 2. The van der Waals surface area contributed by atoms with Crippen LogP contribution in [0.4, 0.5) is 5.69 Å². The third-order valence-corrected chi connectivity index (χ3v) is 2.99. The van der Waals surface area contributed by atoms with E-state index in [4.69, 9.17) is 10.4 Å². The Morgan fingerprint density at radius 3 is 3.00 bits per heavy atom. The van der Waals surface area contributed by atoms with Gasteiger partial charge in [0.2, 0.25) is 5.91 Å². The van der Waals surface area contributed by atoms with Gasteiger partial charge in [-0.3, -0.25) is 4.79 Å². The van der Waals surface area contributed by atoms with Crippen LogP contribution in [0.5, 0.6) is 0 Å². The van der Waals surface area contributed by atoms with E-state index in [9.17, 15) is 9.59 Å². The molecule has 0 spiro atoms. The quantitative estimate of drug-likeness (QED) is 0.798. The Morgan fingerprint density at radius 1 is 1.53 bits per heavy atom. The molecule has 0 bridgehead atoms. The molecule has 0 saturated carbocycles. The predicted octanol–water partition coefficient (Wildman–Crippen LogP) is 0.338. The second kappa shape index (κ2) is 5.40. The molecule has 98 valence electrons. The van der Waals surface area contributed by atoms with E-state index in [1.165, 1.54) is 0 Å². The lowest BCUT2D eigenvalue weighted by molar-refractivity contribution is -0.141. The fourth-order valence-corrected chi connectivity index (χ4v) is 2.01. The number of aliphatic carboxylic acids is 1. The maximum absolute atomic E-state index is 11.4. The summed E-state index contributed by atoms with van der Waals surface area (Å²) >= 11 is 0. The molecule has 2 rings (SSSR count). The molecule has 0 radical (unpaired) electrons. The second-order valence-corrected chi connectivity index (χ2v) is 4.32. The number of carbonyl (C=O) groups excluding carboxylic acids is 1. The molecule has 19 heavy (non-hydrogen) atoms. The van der Waals surface area contributed by atoms with Crippen molar-refractivity contribution < 1.29 is 14.7 Å². The number of hydrogen-bond acceptors (Lipinski definition) is 4. The Kier molecular flexibility index (Phi) is 3.66. The number of benzene rings is 1. The number of hydrogen-bond donors (Lipinski definition) is 2. The van der Waals surface area contributed by atoms with Crippen LogP contribution in [-0.2, 0) is 9.59 Å². The van der Waals surface area contributed by atoms with Crippen LogP contribution >= 0.6 is 0 Å². The number of nitrogens with one attached hydrogen (secondary N) is 1. The van der Waals surface area contributed by atoms with Crippen molar-refractivity contribution in [1.29, 1.82) is 5.26 Å². The number of carboxylic acid groups (broad SMARTS) is 1. The van der Waals surface area contributed by atoms with Gasteiger partial charge in [0.15, 0.2) is 0 Å². The lowest BCUT2D eigenvalue weighted by atomic mass is 10.2. The summed E-state index contributed by atoms with van der Waals surface area (Å²) in [6.07, 6.45) is 0.237. The monoisotopic (exact) mass is 259 g/mol. The molecule has 1 aromatic rings. The van der Waals surface area contributed by atoms with Gasteiger partial charge >= 0.3 is 5.97 Å². The van der Waals surface area contributed by atoms with Crippen LogP contribution in [0.15, 0.2) is 24.3 Å². The average molecular weight is 259 g/mol. The van der Waals surface area contributed by atoms with E-state index in [0.29, 0.717) is 12.1 Å². The molecule has 0 aliphatic carbocycles. The number of nitrogens with zero attached hydrogens (tertiary/aromatic N) is 2. The van der Waals surface area contributed by atoms with E-state index in [2.05, 4.69) is 5.32 Å². The summed E-state index contributed by atoms with van der Waals surface area (Å²) in [6, 6.07) is 8.02. The molecule has 1 heterocycles. The van der Waals surface area contributed by atoms with Crippen LogP contribution in [0.1, 0.15) is 12.0 Å². The van der Waals surface area contributed by atoms with E-state index >= 15 is 0 Å². The molecule has 1 fully saturated rings. The second-order valence-electron chi connectivity index (χ2n) is 4.32. The van der Waals surface area contributed by atoms with Gasteiger partial charge in [0.25, 0.3) is 0 Å². The Labute approximate surface area is 110 Å². The summed E-state index contributed by atoms with van der Waals surface area (Å²) in [4.78, 5) is 24.3. The molecule has 6 heteroatoms. The minimum absolute atomic E-state index is 0.190. The standard InChI is InChI=1S/C13H13N3O3/c14-7-9-2-1-3-10(6-9)16-5-4-12(17)15-11(8-16)13(18)19/h1-3,6,11H,4-5,8H2,(H,15,17)(H,18,19). The number of carboxylic acids is 1. The minimum atomic E-state index is -1.06. The first-order valence-electron chi connectivity index (χ1n) is 5.87. The van der Waals surface area contributed by atoms with Crippen LogP contribution < -0.4 is 10.2 Å². The smallest absolute Gasteiger partial charge is 0.328 e. The third kappa shape index (κ3) is 3.01. The Morgan fingerprint density at radius 2 is 2.32 bits per heavy atom. The fourth-order valence-electron chi connectivity index (χ4n) is 2.01. The van der Waals surface area contributed by atoms with Crippen molar-refractivity contribution in [2.75, 3.05) is 18.0 Å². The van der Waals surface area contributed by atoms with Crippen molar-refractivity contribution in [3.8, 4) is 6.07 Å². The number of anilines is 1. The maximum Gasteiger partial charge on any atom is 0.328 e. The summed E-state index contributed by atoms with van der Waals surface area (Å²) < 4.78 is 0. The molecule has 1 amide bonds. The van der Waals surface area contributed by atoms with Gasteiger partial charge in [-0.15, -0.1) is 0 Å². The zero-order valence-corrected chi connectivity index (χ0v) is 10.2. The number of amides is 1. The van der Waals surface area contributed by atoms with Crippen molar-refractivity contribution in [3.63, 3.8) is 0 Å². The number of nitriles is 1. The first-order chi connectivity index (χ1) is 9.10. The summed E-state index contributed by atoms with van der Waals surface area (Å²) in [5, 5.41) is 20.4. The van der Waals surface area contributed by atoms with Crippen LogP contribution in [0, 0.1) is 11.3 Å². The molecule has 2 N–H and O–H groups in total. The summed E-state index contributed by atoms with van der Waals surface area (Å²) in [5.41, 5.74) is 1.26. The molecule has 1 aliphatic heterocycles. The lowest BCUT2D eigenvalue weighted by Crippen LogP contribution is -2.45. The van der Waals surface area contributed by atoms with Gasteiger partial charge in [0.05, 0.1) is 11.6 Å². The Balaban J connectivity index is 2.25. The fraction of sp³-hybridized carbons (Fsp3) is 0.308.